The van der Waals surface area contributed by atoms with Gasteiger partial charge < -0.3 is 10.2 Å². The minimum Gasteiger partial charge on any atom is -0.371 e. The minimum atomic E-state index is -0.130. The van der Waals surface area contributed by atoms with Gasteiger partial charge in [-0.25, -0.2) is 4.98 Å². The molecular weight excluding hydrogens is 338 g/mol. The second-order valence-corrected chi connectivity index (χ2v) is 7.37. The van der Waals surface area contributed by atoms with Crippen molar-refractivity contribution in [2.24, 2.45) is 7.05 Å². The number of benzene rings is 1. The molecule has 6 nitrogen and oxygen atoms in total. The van der Waals surface area contributed by atoms with Gasteiger partial charge in [0.05, 0.1) is 16.6 Å². The first-order chi connectivity index (χ1) is 12.9. The predicted molar refractivity (Wildman–Crippen MR) is 109 cm³/mol. The number of nitrogens with zero attached hydrogens (tertiary/aromatic N) is 4. The summed E-state index contributed by atoms with van der Waals surface area (Å²) >= 11 is 0. The van der Waals surface area contributed by atoms with Crippen LogP contribution in [0.3, 0.4) is 0 Å². The number of anilines is 2. The number of carbonyl (C=O) groups is 1. The Hall–Kier alpha value is -2.89. The lowest BCUT2D eigenvalue weighted by molar-refractivity contribution is 0.102. The van der Waals surface area contributed by atoms with Gasteiger partial charge in [-0.15, -0.1) is 0 Å². The van der Waals surface area contributed by atoms with E-state index in [-0.39, 0.29) is 5.91 Å². The molecule has 1 aromatic carbocycles. The molecule has 0 spiro atoms. The van der Waals surface area contributed by atoms with Crippen molar-refractivity contribution in [3.8, 4) is 0 Å². The molecule has 2 aromatic heterocycles. The molecule has 0 aliphatic carbocycles. The first kappa shape index (κ1) is 17.5. The molecule has 1 aliphatic rings. The highest BCUT2D eigenvalue weighted by atomic mass is 16.1. The summed E-state index contributed by atoms with van der Waals surface area (Å²) in [5.74, 6) is -0.130. The van der Waals surface area contributed by atoms with Gasteiger partial charge in [0.2, 0.25) is 0 Å². The van der Waals surface area contributed by atoms with Gasteiger partial charge >= 0.3 is 0 Å². The van der Waals surface area contributed by atoms with Crippen LogP contribution in [0.5, 0.6) is 0 Å². The van der Waals surface area contributed by atoms with Crippen LogP contribution in [0.1, 0.15) is 40.2 Å². The highest BCUT2D eigenvalue weighted by Gasteiger charge is 2.19. The predicted octanol–water partition coefficient (Wildman–Crippen LogP) is 3.75. The normalized spacial score (nSPS) is 14.1. The number of aromatic nitrogens is 3. The zero-order valence-corrected chi connectivity index (χ0v) is 16.3. The second-order valence-electron chi connectivity index (χ2n) is 7.37. The van der Waals surface area contributed by atoms with Gasteiger partial charge in [-0.1, -0.05) is 0 Å². The third-order valence-electron chi connectivity index (χ3n) is 5.24. The van der Waals surface area contributed by atoms with Gasteiger partial charge in [0.15, 0.2) is 5.65 Å². The Morgan fingerprint density at radius 3 is 2.56 bits per heavy atom. The Kier molecular flexibility index (Phi) is 4.34. The Morgan fingerprint density at radius 2 is 1.85 bits per heavy atom. The van der Waals surface area contributed by atoms with Crippen molar-refractivity contribution in [3.63, 3.8) is 0 Å². The molecule has 4 rings (SSSR count). The van der Waals surface area contributed by atoms with Gasteiger partial charge in [-0.2, -0.15) is 5.10 Å². The quantitative estimate of drug-likeness (QED) is 0.770. The summed E-state index contributed by atoms with van der Waals surface area (Å²) in [6.07, 6.45) is 2.50. The van der Waals surface area contributed by atoms with Gasteiger partial charge in [0.1, 0.15) is 0 Å². The van der Waals surface area contributed by atoms with Gasteiger partial charge in [-0.05, 0) is 63.4 Å². The van der Waals surface area contributed by atoms with E-state index in [1.54, 1.807) is 4.68 Å². The monoisotopic (exact) mass is 363 g/mol. The van der Waals surface area contributed by atoms with Crippen LogP contribution in [-0.4, -0.2) is 33.8 Å². The van der Waals surface area contributed by atoms with E-state index < -0.39 is 0 Å². The van der Waals surface area contributed by atoms with Crippen LogP contribution in [0, 0.1) is 20.8 Å². The lowest BCUT2D eigenvalue weighted by Crippen LogP contribution is -2.19. The van der Waals surface area contributed by atoms with E-state index in [0.717, 1.165) is 41.2 Å². The molecule has 1 N–H and O–H groups in total. The Morgan fingerprint density at radius 1 is 1.11 bits per heavy atom. The van der Waals surface area contributed by atoms with Gasteiger partial charge in [-0.3, -0.25) is 9.48 Å². The van der Waals surface area contributed by atoms with Crippen molar-refractivity contribution in [1.82, 2.24) is 14.8 Å². The van der Waals surface area contributed by atoms with E-state index >= 15 is 0 Å². The molecule has 1 fully saturated rings. The maximum Gasteiger partial charge on any atom is 0.256 e. The first-order valence-corrected chi connectivity index (χ1v) is 9.42. The van der Waals surface area contributed by atoms with E-state index in [1.807, 2.05) is 39.1 Å². The summed E-state index contributed by atoms with van der Waals surface area (Å²) in [6, 6.07) is 7.98. The van der Waals surface area contributed by atoms with Gasteiger partial charge in [0, 0.05) is 37.2 Å². The molecule has 6 heteroatoms. The Labute approximate surface area is 159 Å². The largest absolute Gasteiger partial charge is 0.371 e. The topological polar surface area (TPSA) is 63.1 Å². The lowest BCUT2D eigenvalue weighted by atomic mass is 10.1. The molecule has 0 bridgehead atoms. The Bertz CT molecular complexity index is 1030. The molecule has 27 heavy (non-hydrogen) atoms. The molecular formula is C21H25N5O. The van der Waals surface area contributed by atoms with E-state index in [2.05, 4.69) is 33.3 Å². The van der Waals surface area contributed by atoms with E-state index in [9.17, 15) is 4.79 Å². The summed E-state index contributed by atoms with van der Waals surface area (Å²) in [4.78, 5) is 20.0. The number of aryl methyl sites for hydroxylation is 4. The maximum absolute atomic E-state index is 13.0. The molecule has 1 saturated heterocycles. The molecule has 1 aliphatic heterocycles. The summed E-state index contributed by atoms with van der Waals surface area (Å²) in [5.41, 5.74) is 6.22. The minimum absolute atomic E-state index is 0.130. The SMILES string of the molecule is Cc1cc(C(=O)Nc2ccc(N3CCCC3)c(C)c2)c2c(C)nn(C)c2n1. The molecule has 0 unspecified atom stereocenters. The number of rotatable bonds is 3. The van der Waals surface area contributed by atoms with Crippen molar-refractivity contribution in [2.45, 2.75) is 33.6 Å². The molecule has 3 aromatic rings. The standard InChI is InChI=1S/C21H25N5O/c1-13-11-16(7-8-18(13)26-9-5-6-10-26)23-21(27)17-12-14(2)22-20-19(17)15(3)24-25(20)4/h7-8,11-12H,5-6,9-10H2,1-4H3,(H,23,27). The average Bonchev–Trinajstić information content (AvgIpc) is 3.23. The Balaban J connectivity index is 1.65. The molecule has 0 saturated carbocycles. The number of carbonyl (C=O) groups excluding carboxylic acids is 1. The smallest absolute Gasteiger partial charge is 0.256 e. The maximum atomic E-state index is 13.0. The molecule has 1 amide bonds. The summed E-state index contributed by atoms with van der Waals surface area (Å²) < 4.78 is 1.73. The van der Waals surface area contributed by atoms with Crippen LogP contribution in [0.15, 0.2) is 24.3 Å². The zero-order chi connectivity index (χ0) is 19.1. The number of nitrogens with one attached hydrogen (secondary N) is 1. The van der Waals surface area contributed by atoms with E-state index in [4.69, 9.17) is 0 Å². The van der Waals surface area contributed by atoms with Crippen LogP contribution >= 0.6 is 0 Å². The van der Waals surface area contributed by atoms with Crippen LogP contribution in [0.2, 0.25) is 0 Å². The summed E-state index contributed by atoms with van der Waals surface area (Å²) in [5, 5.41) is 8.28. The van der Waals surface area contributed by atoms with Crippen molar-refractivity contribution in [2.75, 3.05) is 23.3 Å². The average molecular weight is 363 g/mol. The summed E-state index contributed by atoms with van der Waals surface area (Å²) in [7, 11) is 1.85. The number of hydrogen-bond acceptors (Lipinski definition) is 4. The molecule has 0 radical (unpaired) electrons. The first-order valence-electron chi connectivity index (χ1n) is 9.42. The number of fused-ring (bicyclic) bond motifs is 1. The van der Waals surface area contributed by atoms with Crippen LogP contribution in [-0.2, 0) is 7.05 Å². The zero-order valence-electron chi connectivity index (χ0n) is 16.3. The van der Waals surface area contributed by atoms with Crippen molar-refractivity contribution in [3.05, 3.63) is 46.8 Å². The second kappa shape index (κ2) is 6.68. The number of hydrogen-bond donors (Lipinski definition) is 1. The third kappa shape index (κ3) is 3.16. The molecule has 140 valence electrons. The van der Waals surface area contributed by atoms with Crippen LogP contribution in [0.4, 0.5) is 11.4 Å². The molecule has 0 atom stereocenters. The highest BCUT2D eigenvalue weighted by Crippen LogP contribution is 2.28. The fraction of sp³-hybridized carbons (Fsp3) is 0.381. The number of pyridine rings is 1. The highest BCUT2D eigenvalue weighted by molar-refractivity contribution is 6.12. The van der Waals surface area contributed by atoms with Crippen molar-refractivity contribution < 1.29 is 4.79 Å². The number of amides is 1. The lowest BCUT2D eigenvalue weighted by Gasteiger charge is -2.20. The van der Waals surface area contributed by atoms with E-state index in [1.165, 1.54) is 24.1 Å². The van der Waals surface area contributed by atoms with E-state index in [0.29, 0.717) is 5.56 Å². The van der Waals surface area contributed by atoms with Crippen LogP contribution < -0.4 is 10.2 Å². The molecule has 3 heterocycles. The summed E-state index contributed by atoms with van der Waals surface area (Å²) in [6.45, 7) is 8.13. The fourth-order valence-electron chi connectivity index (χ4n) is 3.99. The van der Waals surface area contributed by atoms with Crippen LogP contribution in [0.25, 0.3) is 11.0 Å². The fourth-order valence-corrected chi connectivity index (χ4v) is 3.99. The van der Waals surface area contributed by atoms with Crippen molar-refractivity contribution in [1.29, 1.82) is 0 Å². The van der Waals surface area contributed by atoms with Gasteiger partial charge in [0.25, 0.3) is 5.91 Å². The third-order valence-corrected chi connectivity index (χ3v) is 5.24. The van der Waals surface area contributed by atoms with Crippen molar-refractivity contribution >= 4 is 28.3 Å².